The van der Waals surface area contributed by atoms with E-state index in [1.54, 1.807) is 14.2 Å². The van der Waals surface area contributed by atoms with Gasteiger partial charge >= 0.3 is 6.03 Å². The minimum absolute atomic E-state index is 0.221. The third-order valence-electron chi connectivity index (χ3n) is 6.38. The predicted molar refractivity (Wildman–Crippen MR) is 148 cm³/mol. The predicted octanol–water partition coefficient (Wildman–Crippen LogP) is 6.81. The molecule has 37 heavy (non-hydrogen) atoms. The highest BCUT2D eigenvalue weighted by Gasteiger charge is 2.21. The zero-order valence-corrected chi connectivity index (χ0v) is 20.6. The smallest absolute Gasteiger partial charge is 0.318 e. The molecule has 0 aromatic heterocycles. The van der Waals surface area contributed by atoms with E-state index < -0.39 is 0 Å². The molecule has 5 aromatic rings. The lowest BCUT2D eigenvalue weighted by molar-refractivity contribution is 0.112. The highest BCUT2D eigenvalue weighted by Crippen LogP contribution is 2.46. The molecule has 5 aromatic carbocycles. The summed E-state index contributed by atoms with van der Waals surface area (Å²) in [4.78, 5) is 24.0. The van der Waals surface area contributed by atoms with Crippen molar-refractivity contribution in [1.82, 2.24) is 5.32 Å². The number of urea groups is 1. The quantitative estimate of drug-likeness (QED) is 0.246. The SMILES string of the molecule is CNC(=O)Nc1ccccc1COc1ccc2ccccc2c1-c1c(OC)c(C=O)cc2ccccc12. The summed E-state index contributed by atoms with van der Waals surface area (Å²) < 4.78 is 12.3. The van der Waals surface area contributed by atoms with Crippen molar-refractivity contribution < 1.29 is 19.1 Å². The summed E-state index contributed by atoms with van der Waals surface area (Å²) >= 11 is 0. The van der Waals surface area contributed by atoms with Crippen molar-refractivity contribution in [2.45, 2.75) is 6.61 Å². The first-order valence-corrected chi connectivity index (χ1v) is 11.9. The molecule has 0 atom stereocenters. The van der Waals surface area contributed by atoms with Crippen molar-refractivity contribution in [3.8, 4) is 22.6 Å². The summed E-state index contributed by atoms with van der Waals surface area (Å²) in [6, 6.07) is 29.0. The van der Waals surface area contributed by atoms with E-state index in [0.717, 1.165) is 44.5 Å². The third kappa shape index (κ3) is 4.57. The lowest BCUT2D eigenvalue weighted by atomic mass is 9.90. The molecule has 2 amide bonds. The van der Waals surface area contributed by atoms with E-state index in [-0.39, 0.29) is 12.6 Å². The number of hydrogen-bond acceptors (Lipinski definition) is 4. The standard InChI is InChI=1S/C31H26N2O4/c1-32-31(35)33-26-14-8-5-11-22(26)19-37-27-16-15-20-9-3-6-12-24(20)28(27)29-25-13-7-4-10-21(25)17-23(18-34)30(29)36-2/h3-18H,19H2,1-2H3,(H2,32,33,35). The van der Waals surface area contributed by atoms with Crippen LogP contribution in [0.3, 0.4) is 0 Å². The van der Waals surface area contributed by atoms with Crippen LogP contribution in [0.5, 0.6) is 11.5 Å². The van der Waals surface area contributed by atoms with Crippen LogP contribution < -0.4 is 20.1 Å². The first-order valence-electron chi connectivity index (χ1n) is 11.9. The molecule has 0 heterocycles. The van der Waals surface area contributed by atoms with Crippen molar-refractivity contribution in [2.24, 2.45) is 0 Å². The Morgan fingerprint density at radius 3 is 2.24 bits per heavy atom. The summed E-state index contributed by atoms with van der Waals surface area (Å²) in [7, 11) is 3.15. The zero-order valence-electron chi connectivity index (χ0n) is 20.6. The van der Waals surface area contributed by atoms with Crippen LogP contribution in [0.25, 0.3) is 32.7 Å². The van der Waals surface area contributed by atoms with Crippen LogP contribution in [0, 0.1) is 0 Å². The molecule has 6 heteroatoms. The minimum Gasteiger partial charge on any atom is -0.495 e. The van der Waals surface area contributed by atoms with Gasteiger partial charge in [-0.2, -0.15) is 0 Å². The van der Waals surface area contributed by atoms with Gasteiger partial charge in [-0.3, -0.25) is 4.79 Å². The summed E-state index contributed by atoms with van der Waals surface area (Å²) in [5.41, 5.74) is 3.59. The summed E-state index contributed by atoms with van der Waals surface area (Å²) in [6.45, 7) is 0.221. The number of methoxy groups -OCH3 is 1. The summed E-state index contributed by atoms with van der Waals surface area (Å²) in [6.07, 6.45) is 0.821. The Morgan fingerprint density at radius 2 is 1.51 bits per heavy atom. The van der Waals surface area contributed by atoms with Crippen LogP contribution in [0.2, 0.25) is 0 Å². The lowest BCUT2D eigenvalue weighted by Gasteiger charge is -2.20. The van der Waals surface area contributed by atoms with Gasteiger partial charge in [-0.15, -0.1) is 0 Å². The van der Waals surface area contributed by atoms with E-state index in [4.69, 9.17) is 9.47 Å². The van der Waals surface area contributed by atoms with Gasteiger partial charge in [0.1, 0.15) is 18.1 Å². The molecule has 0 radical (unpaired) electrons. The highest BCUT2D eigenvalue weighted by molar-refractivity contribution is 6.12. The summed E-state index contributed by atoms with van der Waals surface area (Å²) in [5.74, 6) is 1.14. The van der Waals surface area contributed by atoms with Gasteiger partial charge in [0.2, 0.25) is 0 Å². The van der Waals surface area contributed by atoms with E-state index in [1.165, 1.54) is 0 Å². The number of anilines is 1. The fraction of sp³-hybridized carbons (Fsp3) is 0.0968. The Balaban J connectivity index is 1.71. The Kier molecular flexibility index (Phi) is 6.72. The molecule has 0 saturated carbocycles. The lowest BCUT2D eigenvalue weighted by Crippen LogP contribution is -2.25. The van der Waals surface area contributed by atoms with Crippen molar-refractivity contribution in [1.29, 1.82) is 0 Å². The van der Waals surface area contributed by atoms with Gasteiger partial charge in [0, 0.05) is 29.4 Å². The van der Waals surface area contributed by atoms with Crippen molar-refractivity contribution in [2.75, 3.05) is 19.5 Å². The van der Waals surface area contributed by atoms with Gasteiger partial charge < -0.3 is 20.1 Å². The van der Waals surface area contributed by atoms with E-state index in [2.05, 4.69) is 10.6 Å². The maximum atomic E-state index is 12.1. The first kappa shape index (κ1) is 23.9. The Bertz CT molecular complexity index is 1630. The number of rotatable bonds is 7. The number of ether oxygens (including phenoxy) is 2. The molecule has 0 bridgehead atoms. The number of amides is 2. The van der Waals surface area contributed by atoms with Crippen LogP contribution in [-0.2, 0) is 6.61 Å². The third-order valence-corrected chi connectivity index (χ3v) is 6.38. The summed E-state index contributed by atoms with van der Waals surface area (Å²) in [5, 5.41) is 9.31. The Morgan fingerprint density at radius 1 is 0.838 bits per heavy atom. The molecule has 0 spiro atoms. The zero-order chi connectivity index (χ0) is 25.8. The Labute approximate surface area is 214 Å². The minimum atomic E-state index is -0.305. The van der Waals surface area contributed by atoms with Crippen molar-refractivity contribution >= 4 is 39.5 Å². The number of benzene rings is 5. The number of hydrogen-bond donors (Lipinski definition) is 2. The second kappa shape index (κ2) is 10.4. The molecule has 5 rings (SSSR count). The molecular weight excluding hydrogens is 464 g/mol. The Hall–Kier alpha value is -4.84. The van der Waals surface area contributed by atoms with E-state index >= 15 is 0 Å². The normalized spacial score (nSPS) is 10.8. The van der Waals surface area contributed by atoms with Gasteiger partial charge in [-0.1, -0.05) is 72.8 Å². The number of para-hydroxylation sites is 1. The van der Waals surface area contributed by atoms with Gasteiger partial charge in [0.15, 0.2) is 6.29 Å². The average Bonchev–Trinajstić information content (AvgIpc) is 2.95. The number of carbonyl (C=O) groups excluding carboxylic acids is 2. The van der Waals surface area contributed by atoms with Crippen LogP contribution in [0.4, 0.5) is 10.5 Å². The van der Waals surface area contributed by atoms with Crippen molar-refractivity contribution in [3.63, 3.8) is 0 Å². The van der Waals surface area contributed by atoms with Gasteiger partial charge in [-0.05, 0) is 39.7 Å². The van der Waals surface area contributed by atoms with Crippen LogP contribution in [0.1, 0.15) is 15.9 Å². The average molecular weight is 491 g/mol. The largest absolute Gasteiger partial charge is 0.495 e. The van der Waals surface area contributed by atoms with E-state index in [9.17, 15) is 9.59 Å². The highest BCUT2D eigenvalue weighted by atomic mass is 16.5. The van der Waals surface area contributed by atoms with Gasteiger partial charge in [-0.25, -0.2) is 4.79 Å². The molecule has 2 N–H and O–H groups in total. The number of fused-ring (bicyclic) bond motifs is 2. The molecule has 0 aliphatic heterocycles. The number of nitrogens with one attached hydrogen (secondary N) is 2. The fourth-order valence-corrected chi connectivity index (χ4v) is 4.64. The molecule has 0 unspecified atom stereocenters. The first-order chi connectivity index (χ1) is 18.1. The molecule has 0 saturated heterocycles. The molecular formula is C31H26N2O4. The fourth-order valence-electron chi connectivity index (χ4n) is 4.64. The molecule has 0 fully saturated rings. The second-order valence-electron chi connectivity index (χ2n) is 8.52. The van der Waals surface area contributed by atoms with Crippen LogP contribution in [-0.4, -0.2) is 26.5 Å². The molecule has 0 aliphatic rings. The molecule has 0 aliphatic carbocycles. The monoisotopic (exact) mass is 490 g/mol. The van der Waals surface area contributed by atoms with E-state index in [0.29, 0.717) is 22.7 Å². The maximum Gasteiger partial charge on any atom is 0.318 e. The van der Waals surface area contributed by atoms with Crippen molar-refractivity contribution in [3.05, 3.63) is 102 Å². The van der Waals surface area contributed by atoms with Gasteiger partial charge in [0.25, 0.3) is 0 Å². The van der Waals surface area contributed by atoms with Crippen LogP contribution in [0.15, 0.2) is 91.0 Å². The van der Waals surface area contributed by atoms with Gasteiger partial charge in [0.05, 0.1) is 12.7 Å². The maximum absolute atomic E-state index is 12.1. The number of aldehydes is 1. The second-order valence-corrected chi connectivity index (χ2v) is 8.52. The van der Waals surface area contributed by atoms with Crippen LogP contribution >= 0.6 is 0 Å². The number of carbonyl (C=O) groups is 2. The topological polar surface area (TPSA) is 76.7 Å². The molecule has 6 nitrogen and oxygen atoms in total. The molecule has 184 valence electrons. The van der Waals surface area contributed by atoms with E-state index in [1.807, 2.05) is 91.0 Å².